The number of hydrogen-bond donors (Lipinski definition) is 1. The van der Waals surface area contributed by atoms with Crippen LogP contribution in [0.3, 0.4) is 0 Å². The van der Waals surface area contributed by atoms with Gasteiger partial charge >= 0.3 is 0 Å². The normalized spacial score (nSPS) is 15.9. The summed E-state index contributed by atoms with van der Waals surface area (Å²) < 4.78 is 28.8. The number of nitrogens with one attached hydrogen (secondary N) is 1. The zero-order valence-corrected chi connectivity index (χ0v) is 18.2. The van der Waals surface area contributed by atoms with E-state index in [1.165, 1.54) is 22.0 Å². The fraction of sp³-hybridized carbons (Fsp3) is 0.350. The van der Waals surface area contributed by atoms with Crippen LogP contribution in [-0.4, -0.2) is 46.5 Å². The first-order valence-corrected chi connectivity index (χ1v) is 12.0. The summed E-state index contributed by atoms with van der Waals surface area (Å²) in [6, 6.07) is 10.9. The van der Waals surface area contributed by atoms with Gasteiger partial charge in [-0.3, -0.25) is 4.79 Å². The molecule has 0 spiro atoms. The number of amides is 1. The molecule has 10 heteroatoms. The molecule has 0 bridgehead atoms. The van der Waals surface area contributed by atoms with Crippen molar-refractivity contribution in [3.8, 4) is 5.69 Å². The molecule has 0 radical (unpaired) electrons. The number of sulfonamides is 1. The lowest BCUT2D eigenvalue weighted by atomic mass is 10.1. The maximum Gasteiger partial charge on any atom is 0.252 e. The van der Waals surface area contributed by atoms with Gasteiger partial charge in [0.2, 0.25) is 5.91 Å². The summed E-state index contributed by atoms with van der Waals surface area (Å²) >= 11 is 1.17. The van der Waals surface area contributed by atoms with Gasteiger partial charge in [0.15, 0.2) is 0 Å². The predicted octanol–water partition coefficient (Wildman–Crippen LogP) is 2.53. The fourth-order valence-corrected chi connectivity index (χ4v) is 6.46. The van der Waals surface area contributed by atoms with Crippen LogP contribution in [0.1, 0.15) is 36.2 Å². The van der Waals surface area contributed by atoms with Crippen molar-refractivity contribution in [2.45, 2.75) is 36.4 Å². The number of aromatic nitrogens is 3. The largest absolute Gasteiger partial charge is 0.349 e. The SMILES string of the molecule is C[C@H](NC(=O)Cc1ccc(S(=O)(=O)N2CCCC2)s1)c1ccc(-n2cncn2)cc1. The Morgan fingerprint density at radius 1 is 1.17 bits per heavy atom. The molecular weight excluding hydrogens is 422 g/mol. The van der Waals surface area contributed by atoms with Gasteiger partial charge in [0, 0.05) is 18.0 Å². The zero-order valence-electron chi connectivity index (χ0n) is 16.6. The molecule has 1 N–H and O–H groups in total. The van der Waals surface area contributed by atoms with Crippen LogP contribution < -0.4 is 5.32 Å². The summed E-state index contributed by atoms with van der Waals surface area (Å²) in [5, 5.41) is 7.07. The second kappa shape index (κ2) is 8.66. The molecule has 1 aliphatic heterocycles. The van der Waals surface area contributed by atoms with E-state index in [-0.39, 0.29) is 18.4 Å². The first kappa shape index (κ1) is 20.7. The van der Waals surface area contributed by atoms with E-state index in [4.69, 9.17) is 0 Å². The average molecular weight is 446 g/mol. The van der Waals surface area contributed by atoms with E-state index < -0.39 is 10.0 Å². The van der Waals surface area contributed by atoms with E-state index >= 15 is 0 Å². The van der Waals surface area contributed by atoms with Crippen LogP contribution in [0.2, 0.25) is 0 Å². The molecule has 3 aromatic rings. The highest BCUT2D eigenvalue weighted by Crippen LogP contribution is 2.27. The van der Waals surface area contributed by atoms with E-state index in [9.17, 15) is 13.2 Å². The Balaban J connectivity index is 1.36. The summed E-state index contributed by atoms with van der Waals surface area (Å²) in [5.41, 5.74) is 1.86. The standard InChI is InChI=1S/C20H23N5O3S2/c1-15(16-4-6-17(7-5-16)25-14-21-13-22-25)23-19(26)12-18-8-9-20(29-18)30(27,28)24-10-2-3-11-24/h4-9,13-15H,2-3,10-12H2,1H3,(H,23,26)/t15-/m0/s1. The Morgan fingerprint density at radius 3 is 2.57 bits per heavy atom. The van der Waals surface area contributed by atoms with Gasteiger partial charge in [0.25, 0.3) is 10.0 Å². The smallest absolute Gasteiger partial charge is 0.252 e. The van der Waals surface area contributed by atoms with Gasteiger partial charge in [-0.2, -0.15) is 9.40 Å². The highest BCUT2D eigenvalue weighted by atomic mass is 32.2. The summed E-state index contributed by atoms with van der Waals surface area (Å²) in [5.74, 6) is -0.144. The minimum Gasteiger partial charge on any atom is -0.349 e. The number of rotatable bonds is 7. The van der Waals surface area contributed by atoms with E-state index in [0.29, 0.717) is 17.3 Å². The molecule has 158 valence electrons. The minimum atomic E-state index is -3.43. The van der Waals surface area contributed by atoms with E-state index in [1.54, 1.807) is 23.1 Å². The molecule has 2 aromatic heterocycles. The lowest BCUT2D eigenvalue weighted by Gasteiger charge is -2.15. The first-order chi connectivity index (χ1) is 14.4. The molecule has 0 saturated carbocycles. The number of hydrogen-bond acceptors (Lipinski definition) is 6. The third-order valence-electron chi connectivity index (χ3n) is 5.08. The fourth-order valence-electron chi connectivity index (χ4n) is 3.44. The molecule has 1 aliphatic rings. The maximum atomic E-state index is 12.6. The van der Waals surface area contributed by atoms with Crippen molar-refractivity contribution in [3.63, 3.8) is 0 Å². The first-order valence-electron chi connectivity index (χ1n) is 9.77. The van der Waals surface area contributed by atoms with Crippen LogP contribution >= 0.6 is 11.3 Å². The van der Waals surface area contributed by atoms with Crippen LogP contribution in [0.15, 0.2) is 53.3 Å². The molecule has 0 unspecified atom stereocenters. The van der Waals surface area contributed by atoms with Crippen LogP contribution in [0.25, 0.3) is 5.69 Å². The minimum absolute atomic E-state index is 0.144. The number of thiophene rings is 1. The van der Waals surface area contributed by atoms with Crippen molar-refractivity contribution in [1.29, 1.82) is 0 Å². The average Bonchev–Trinajstić information content (AvgIpc) is 3.50. The molecule has 1 amide bonds. The second-order valence-electron chi connectivity index (χ2n) is 7.23. The number of carbonyl (C=O) groups is 1. The monoisotopic (exact) mass is 445 g/mol. The van der Waals surface area contributed by atoms with Crippen molar-refractivity contribution in [3.05, 3.63) is 59.5 Å². The Kier molecular flexibility index (Phi) is 5.98. The molecule has 3 heterocycles. The predicted molar refractivity (Wildman–Crippen MR) is 114 cm³/mol. The van der Waals surface area contributed by atoms with Crippen LogP contribution in [0, 0.1) is 0 Å². The van der Waals surface area contributed by atoms with Gasteiger partial charge in [-0.1, -0.05) is 12.1 Å². The van der Waals surface area contributed by atoms with Gasteiger partial charge in [-0.05, 0) is 49.6 Å². The quantitative estimate of drug-likeness (QED) is 0.603. The zero-order chi connectivity index (χ0) is 21.1. The van der Waals surface area contributed by atoms with Crippen molar-refractivity contribution in [2.75, 3.05) is 13.1 Å². The lowest BCUT2D eigenvalue weighted by molar-refractivity contribution is -0.121. The van der Waals surface area contributed by atoms with Crippen LogP contribution in [0.4, 0.5) is 0 Å². The molecular formula is C20H23N5O3S2. The van der Waals surface area contributed by atoms with E-state index in [0.717, 1.165) is 29.0 Å². The highest BCUT2D eigenvalue weighted by molar-refractivity contribution is 7.91. The summed E-state index contributed by atoms with van der Waals surface area (Å²) in [6.45, 7) is 3.06. The molecule has 4 rings (SSSR count). The molecule has 0 aliphatic carbocycles. The summed E-state index contributed by atoms with van der Waals surface area (Å²) in [7, 11) is -3.43. The molecule has 1 atom stereocenters. The van der Waals surface area contributed by atoms with Gasteiger partial charge in [-0.25, -0.2) is 18.1 Å². The molecule has 8 nitrogen and oxygen atoms in total. The second-order valence-corrected chi connectivity index (χ2v) is 10.6. The summed E-state index contributed by atoms with van der Waals surface area (Å²) in [6.07, 6.45) is 5.05. The van der Waals surface area contributed by atoms with Crippen LogP contribution in [0.5, 0.6) is 0 Å². The summed E-state index contributed by atoms with van der Waals surface area (Å²) in [4.78, 5) is 17.1. The maximum absolute atomic E-state index is 12.6. The van der Waals surface area contributed by atoms with Gasteiger partial charge in [0.1, 0.15) is 16.9 Å². The lowest BCUT2D eigenvalue weighted by Crippen LogP contribution is -2.28. The van der Waals surface area contributed by atoms with Crippen molar-refractivity contribution >= 4 is 27.3 Å². The Hall–Kier alpha value is -2.56. The number of carbonyl (C=O) groups excluding carboxylic acids is 1. The Labute approximate surface area is 179 Å². The molecule has 1 saturated heterocycles. The molecule has 30 heavy (non-hydrogen) atoms. The number of benzene rings is 1. The third-order valence-corrected chi connectivity index (χ3v) is 8.54. The highest BCUT2D eigenvalue weighted by Gasteiger charge is 2.28. The van der Waals surface area contributed by atoms with Gasteiger partial charge < -0.3 is 5.32 Å². The topological polar surface area (TPSA) is 97.2 Å². The van der Waals surface area contributed by atoms with E-state index in [2.05, 4.69) is 15.4 Å². The van der Waals surface area contributed by atoms with Crippen molar-refractivity contribution in [2.24, 2.45) is 0 Å². The van der Waals surface area contributed by atoms with Crippen molar-refractivity contribution in [1.82, 2.24) is 24.4 Å². The van der Waals surface area contributed by atoms with Crippen LogP contribution in [-0.2, 0) is 21.2 Å². The Morgan fingerprint density at radius 2 is 1.90 bits per heavy atom. The van der Waals surface area contributed by atoms with Gasteiger partial charge in [-0.15, -0.1) is 11.3 Å². The van der Waals surface area contributed by atoms with Gasteiger partial charge in [0.05, 0.1) is 18.2 Å². The molecule has 1 fully saturated rings. The molecule has 1 aromatic carbocycles. The third kappa shape index (κ3) is 4.45. The number of nitrogens with zero attached hydrogens (tertiary/aromatic N) is 4. The van der Waals surface area contributed by atoms with E-state index in [1.807, 2.05) is 31.2 Å². The van der Waals surface area contributed by atoms with Crippen molar-refractivity contribution < 1.29 is 13.2 Å². The Bertz CT molecular complexity index is 1100.